The number of aromatic nitrogens is 6. The molecule has 0 aliphatic carbocycles. The summed E-state index contributed by atoms with van der Waals surface area (Å²) < 4.78 is 6.55. The smallest absolute Gasteiger partial charge is 0.323 e. The normalized spacial score (nSPS) is 15.6. The van der Waals surface area contributed by atoms with E-state index < -0.39 is 17.0 Å². The Labute approximate surface area is 609 Å². The molecule has 0 saturated heterocycles. The van der Waals surface area contributed by atoms with Crippen LogP contribution < -0.4 is 59.5 Å². The number of amides is 2. The van der Waals surface area contributed by atoms with E-state index in [4.69, 9.17) is 28.8 Å². The lowest BCUT2D eigenvalue weighted by molar-refractivity contribution is -0.142. The van der Waals surface area contributed by atoms with Gasteiger partial charge in [-0.05, 0) is 253 Å². The van der Waals surface area contributed by atoms with Crippen LogP contribution in [0.2, 0.25) is 0 Å². The Kier molecular flexibility index (Phi) is 23.1. The monoisotopic (exact) mass is 1530 g/mol. The molecule has 0 radical (unpaired) electrons. The summed E-state index contributed by atoms with van der Waals surface area (Å²) in [5.41, 5.74) is 32.1. The number of fused-ring (bicyclic) bond motifs is 9. The molecule has 7 heterocycles. The summed E-state index contributed by atoms with van der Waals surface area (Å²) >= 11 is 11.0. The Morgan fingerprint density at radius 3 is 1.51 bits per heavy atom. The maximum atomic E-state index is 11.7. The van der Waals surface area contributed by atoms with E-state index >= 15 is 0 Å². The summed E-state index contributed by atoms with van der Waals surface area (Å²) in [5.74, 6) is 3.39. The largest absolute Gasteiger partial charge is 0.480 e. The van der Waals surface area contributed by atoms with Crippen LogP contribution in [0.3, 0.4) is 0 Å². The fourth-order valence-electron chi connectivity index (χ4n) is 10.7. The highest BCUT2D eigenvalue weighted by Crippen LogP contribution is 2.42. The van der Waals surface area contributed by atoms with Crippen LogP contribution in [0.15, 0.2) is 113 Å². The second-order valence-corrected chi connectivity index (χ2v) is 30.2. The van der Waals surface area contributed by atoms with Crippen LogP contribution in [0.5, 0.6) is 0 Å². The molecule has 0 saturated carbocycles. The molecule has 6 aromatic carbocycles. The molecule has 0 unspecified atom stereocenters. The van der Waals surface area contributed by atoms with E-state index in [-0.39, 0.29) is 45.4 Å². The maximum absolute atomic E-state index is 11.7. The molecular weight excluding hydrogens is 1420 g/mol. The van der Waals surface area contributed by atoms with Gasteiger partial charge in [-0.25, -0.2) is 4.99 Å². The van der Waals surface area contributed by atoms with Gasteiger partial charge in [-0.2, -0.15) is 0 Å². The summed E-state index contributed by atoms with van der Waals surface area (Å²) in [4.78, 5) is 38.0. The zero-order chi connectivity index (χ0) is 72.2. The van der Waals surface area contributed by atoms with Gasteiger partial charge in [0.25, 0.3) is 0 Å². The van der Waals surface area contributed by atoms with E-state index in [2.05, 4.69) is 226 Å². The highest BCUT2D eigenvalue weighted by atomic mass is 127. The average molecular weight is 1530 g/mol. The number of aliphatic imine (C=N–C) groups is 1. The maximum Gasteiger partial charge on any atom is 0.323 e. The highest BCUT2D eigenvalue weighted by Gasteiger charge is 2.38. The standard InChI is InChI=1S/C13H15IN4.C13H18N4O.C13H16N4.C11H14N2O.C11H14N2S.C7H8BrN.C4H9NO2.8H2/c1-7-9(14)5-6-10-11(7)18-8(2)16-17-12(18)13(3,4)15-10;1-8-6-5-7-10-11(8)14-12(13(3,4)15-10)17-16-9(2)18;1-8-6-5-7-10-11(8)17-9(2)15-16-12(17)13(3,4)14-10;2*1-7-5-4-6-8-9(7)12-10(14)11(2,3)13-8;1-5-3-2-4-6(8)7(5)9;1-4(2,5)3(6)7;;;;;;;;/h5-6,15H,1-4H3;5-7,15H,1-4H3,(H,14,17)(H,16,18);5-7,14H,1-4H3;2*4-6,13H,1-3H3,(H,12,14);2-4H,9H2,1H3;5H2,1-2H3,(H,6,7);8*1H. The summed E-state index contributed by atoms with van der Waals surface area (Å²) in [5, 5.41) is 48.5. The molecule has 532 valence electrons. The van der Waals surface area contributed by atoms with Crippen molar-refractivity contribution >= 4 is 131 Å². The SMILES string of the molecule is CC(=O)NNC1=Nc2c(C)cccc2NC1(C)C.CC(C)(N)C(=O)O.Cc1c(I)ccc2c1-n1c(C)nnc1C(C)(C)N2.Cc1cccc(Br)c1N.Cc1cccc2c1-n1c(C)nnc1C(C)(C)N2.Cc1cccc2c1NC(=O)C(C)(C)N2.Cc1cccc2c1NC(=S)C(C)(C)N2.[HH].[HH].[HH].[HH].[HH].[HH].[HH].[HH]. The molecular formula is C72H110BrIN18O4S. The molecule has 2 amide bonds. The Morgan fingerprint density at radius 2 is 1.00 bits per heavy atom. The van der Waals surface area contributed by atoms with Crippen LogP contribution in [0.4, 0.5) is 51.2 Å². The first kappa shape index (κ1) is 75.7. The second kappa shape index (κ2) is 29.6. The molecule has 2 aromatic heterocycles. The summed E-state index contributed by atoms with van der Waals surface area (Å²) in [6.45, 7) is 41.1. The number of rotatable bonds is 1. The number of hydrazine groups is 1. The van der Waals surface area contributed by atoms with Gasteiger partial charge in [0.05, 0.1) is 79.0 Å². The third-order valence-electron chi connectivity index (χ3n) is 16.4. The molecule has 97 heavy (non-hydrogen) atoms. The van der Waals surface area contributed by atoms with E-state index in [1.807, 2.05) is 123 Å². The number of para-hydroxylation sites is 5. The number of halogens is 2. The quantitative estimate of drug-likeness (QED) is 0.0315. The van der Waals surface area contributed by atoms with Crippen molar-refractivity contribution in [3.05, 3.63) is 168 Å². The highest BCUT2D eigenvalue weighted by molar-refractivity contribution is 14.1. The van der Waals surface area contributed by atoms with Gasteiger partial charge in [0.1, 0.15) is 33.6 Å². The van der Waals surface area contributed by atoms with Crippen LogP contribution in [0.25, 0.3) is 11.4 Å². The number of thiocarbonyl (C=S) groups is 1. The fraction of sp³-hybridized carbons (Fsp3) is 0.375. The number of carboxylic acids is 1. The lowest BCUT2D eigenvalue weighted by atomic mass is 9.98. The zero-order valence-electron chi connectivity index (χ0n) is 59.4. The van der Waals surface area contributed by atoms with Crippen LogP contribution in [0, 0.1) is 59.0 Å². The second-order valence-electron chi connectivity index (χ2n) is 27.7. The van der Waals surface area contributed by atoms with E-state index in [1.54, 1.807) is 0 Å². The molecule has 0 spiro atoms. The minimum Gasteiger partial charge on any atom is -0.480 e. The summed E-state index contributed by atoms with van der Waals surface area (Å²) in [7, 11) is 0. The lowest BCUT2D eigenvalue weighted by Crippen LogP contribution is -2.54. The molecule has 22 nitrogen and oxygen atoms in total. The van der Waals surface area contributed by atoms with Gasteiger partial charge < -0.3 is 53.8 Å². The van der Waals surface area contributed by atoms with Crippen LogP contribution in [-0.2, 0) is 25.5 Å². The van der Waals surface area contributed by atoms with E-state index in [0.717, 1.165) is 101 Å². The zero-order valence-corrected chi connectivity index (χ0v) is 64.0. The minimum atomic E-state index is -1.08. The Balaban J connectivity index is 0. The number of carbonyl (C=O) groups is 3. The van der Waals surface area contributed by atoms with Crippen LogP contribution in [-0.4, -0.2) is 85.4 Å². The Hall–Kier alpha value is -8.66. The van der Waals surface area contributed by atoms with E-state index in [0.29, 0.717) is 5.84 Å². The van der Waals surface area contributed by atoms with Gasteiger partial charge in [-0.1, -0.05) is 72.9 Å². The van der Waals surface area contributed by atoms with Gasteiger partial charge >= 0.3 is 5.97 Å². The predicted octanol–water partition coefficient (Wildman–Crippen LogP) is 16.8. The first-order chi connectivity index (χ1) is 45.0. The van der Waals surface area contributed by atoms with Crippen molar-refractivity contribution in [2.75, 3.05) is 43.0 Å². The van der Waals surface area contributed by atoms with Gasteiger partial charge in [0.2, 0.25) is 11.8 Å². The van der Waals surface area contributed by atoms with Crippen molar-refractivity contribution < 1.29 is 30.9 Å². The fourth-order valence-corrected chi connectivity index (χ4v) is 11.8. The van der Waals surface area contributed by atoms with Crippen molar-refractivity contribution in [1.29, 1.82) is 0 Å². The number of nitrogens with one attached hydrogen (secondary N) is 9. The number of hydrogen-bond donors (Lipinski definition) is 12. The number of nitrogens with zero attached hydrogens (tertiary/aromatic N) is 7. The molecule has 0 fully saturated rings. The van der Waals surface area contributed by atoms with Crippen molar-refractivity contribution in [3.63, 3.8) is 0 Å². The lowest BCUT2D eigenvalue weighted by Gasteiger charge is -2.36. The molecule has 5 aliphatic heterocycles. The van der Waals surface area contributed by atoms with Gasteiger partial charge in [-0.15, -0.1) is 20.4 Å². The number of nitrogen functional groups attached to an aromatic ring is 1. The van der Waals surface area contributed by atoms with Crippen molar-refractivity contribution in [1.82, 2.24) is 40.4 Å². The van der Waals surface area contributed by atoms with Crippen molar-refractivity contribution in [2.45, 2.75) is 179 Å². The number of carboxylic acid groups (broad SMARTS) is 1. The predicted molar refractivity (Wildman–Crippen MR) is 429 cm³/mol. The first-order valence-electron chi connectivity index (χ1n) is 31.7. The number of benzene rings is 6. The molecule has 25 heteroatoms. The molecule has 14 N–H and O–H groups in total. The molecule has 0 bridgehead atoms. The number of carbonyl (C=O) groups excluding carboxylic acids is 2. The van der Waals surface area contributed by atoms with E-state index in [1.165, 1.54) is 52.4 Å². The molecule has 5 aliphatic rings. The molecule has 0 atom stereocenters. The number of aliphatic carboxylic acids is 1. The Bertz CT molecular complexity index is 4280. The van der Waals surface area contributed by atoms with Crippen molar-refractivity contribution in [3.8, 4) is 11.4 Å². The van der Waals surface area contributed by atoms with Crippen LogP contribution in [0.1, 0.15) is 158 Å². The number of aryl methyl sites for hydroxylation is 7. The van der Waals surface area contributed by atoms with Crippen molar-refractivity contribution in [2.24, 2.45) is 10.7 Å². The number of amidine groups is 1. The van der Waals surface area contributed by atoms with Gasteiger partial charge in [-0.3, -0.25) is 34.4 Å². The van der Waals surface area contributed by atoms with Gasteiger partial charge in [0, 0.05) is 32.1 Å². The number of hydrogen-bond acceptors (Lipinski definition) is 17. The minimum absolute atomic E-state index is 0. The molecule has 8 aromatic rings. The topological polar surface area (TPSA) is 306 Å². The average Bonchev–Trinajstić information content (AvgIpc) is 1.66. The molecule has 13 rings (SSSR count). The third kappa shape index (κ3) is 17.6. The summed E-state index contributed by atoms with van der Waals surface area (Å²) in [6.07, 6.45) is 0. The first-order valence-corrected chi connectivity index (χ1v) is 34.0. The van der Waals surface area contributed by atoms with E-state index in [9.17, 15) is 14.4 Å². The number of anilines is 8. The van der Waals surface area contributed by atoms with Gasteiger partial charge in [0.15, 0.2) is 11.6 Å². The van der Waals surface area contributed by atoms with Crippen LogP contribution >= 0.6 is 50.7 Å². The number of nitrogens with two attached hydrogens (primary N) is 2. The summed E-state index contributed by atoms with van der Waals surface area (Å²) in [6, 6.07) is 34.6. The Morgan fingerprint density at radius 1 is 0.577 bits per heavy atom. The third-order valence-corrected chi connectivity index (χ3v) is 18.9.